The fourth-order valence-corrected chi connectivity index (χ4v) is 2.57. The van der Waals surface area contributed by atoms with Crippen molar-refractivity contribution < 1.29 is 18.7 Å². The highest BCUT2D eigenvalue weighted by Crippen LogP contribution is 2.48. The summed E-state index contributed by atoms with van der Waals surface area (Å²) >= 11 is 0. The molecule has 0 aliphatic carbocycles. The molecule has 0 saturated carbocycles. The predicted molar refractivity (Wildman–Crippen MR) is 56.4 cm³/mol. The SMILES string of the molecule is CCCCOP(=O)(CCCC)OCO. The van der Waals surface area contributed by atoms with Crippen LogP contribution < -0.4 is 0 Å². The largest absolute Gasteiger partial charge is 0.370 e. The molecule has 1 atom stereocenters. The molecular weight excluding hydrogens is 203 g/mol. The van der Waals surface area contributed by atoms with E-state index in [1.54, 1.807) is 0 Å². The van der Waals surface area contributed by atoms with Gasteiger partial charge in [0, 0.05) is 0 Å². The van der Waals surface area contributed by atoms with Gasteiger partial charge in [0.05, 0.1) is 12.8 Å². The first-order chi connectivity index (χ1) is 6.68. The molecule has 86 valence electrons. The second-order valence-corrected chi connectivity index (χ2v) is 5.32. The number of aliphatic hydroxyl groups excluding tert-OH is 1. The molecule has 0 amide bonds. The third-order valence-electron chi connectivity index (χ3n) is 1.83. The highest BCUT2D eigenvalue weighted by Gasteiger charge is 2.22. The third kappa shape index (κ3) is 6.55. The Bertz CT molecular complexity index is 172. The lowest BCUT2D eigenvalue weighted by Crippen LogP contribution is -2.02. The van der Waals surface area contributed by atoms with Crippen LogP contribution in [0.25, 0.3) is 0 Å². The van der Waals surface area contributed by atoms with Gasteiger partial charge in [0.2, 0.25) is 0 Å². The van der Waals surface area contributed by atoms with Gasteiger partial charge in [0.15, 0.2) is 6.79 Å². The maximum Gasteiger partial charge on any atom is 0.332 e. The molecule has 14 heavy (non-hydrogen) atoms. The van der Waals surface area contributed by atoms with Gasteiger partial charge >= 0.3 is 7.60 Å². The van der Waals surface area contributed by atoms with Gasteiger partial charge in [0.1, 0.15) is 0 Å². The summed E-state index contributed by atoms with van der Waals surface area (Å²) in [5.74, 6) is 0. The highest BCUT2D eigenvalue weighted by atomic mass is 31.2. The first kappa shape index (κ1) is 14.1. The lowest BCUT2D eigenvalue weighted by Gasteiger charge is -2.16. The summed E-state index contributed by atoms with van der Waals surface area (Å²) in [6, 6.07) is 0. The maximum atomic E-state index is 11.8. The minimum Gasteiger partial charge on any atom is -0.370 e. The molecule has 0 spiro atoms. The standard InChI is InChI=1S/C9H21O4P/c1-3-5-7-12-14(11,13-9-10)8-6-4-2/h10H,3-9H2,1-2H3. The topological polar surface area (TPSA) is 55.8 Å². The van der Waals surface area contributed by atoms with Crippen molar-refractivity contribution in [3.8, 4) is 0 Å². The fourth-order valence-electron chi connectivity index (χ4n) is 0.954. The summed E-state index contributed by atoms with van der Waals surface area (Å²) in [6.45, 7) is 3.95. The van der Waals surface area contributed by atoms with Gasteiger partial charge in [-0.3, -0.25) is 9.09 Å². The van der Waals surface area contributed by atoms with Crippen LogP contribution in [0.4, 0.5) is 0 Å². The Balaban J connectivity index is 3.89. The maximum absolute atomic E-state index is 11.8. The van der Waals surface area contributed by atoms with E-state index in [1.165, 1.54) is 0 Å². The Labute approximate surface area is 86.1 Å². The molecular formula is C9H21O4P. The summed E-state index contributed by atoms with van der Waals surface area (Å²) in [5, 5.41) is 8.58. The molecule has 0 bridgehead atoms. The Morgan fingerprint density at radius 2 is 1.79 bits per heavy atom. The van der Waals surface area contributed by atoms with Crippen molar-refractivity contribution in [3.63, 3.8) is 0 Å². The Morgan fingerprint density at radius 3 is 2.29 bits per heavy atom. The number of hydrogen-bond acceptors (Lipinski definition) is 4. The van der Waals surface area contributed by atoms with Crippen LogP contribution in [-0.4, -0.2) is 24.7 Å². The molecule has 0 radical (unpaired) electrons. The molecule has 1 N–H and O–H groups in total. The van der Waals surface area contributed by atoms with Gasteiger partial charge in [-0.1, -0.05) is 26.7 Å². The first-order valence-electron chi connectivity index (χ1n) is 5.17. The molecule has 0 rings (SSSR count). The smallest absolute Gasteiger partial charge is 0.332 e. The van der Waals surface area contributed by atoms with Crippen molar-refractivity contribution >= 4 is 7.60 Å². The van der Waals surface area contributed by atoms with E-state index in [-0.39, 0.29) is 0 Å². The van der Waals surface area contributed by atoms with E-state index >= 15 is 0 Å². The summed E-state index contributed by atoms with van der Waals surface area (Å²) in [7, 11) is -3.02. The molecule has 0 fully saturated rings. The summed E-state index contributed by atoms with van der Waals surface area (Å²) in [4.78, 5) is 0. The summed E-state index contributed by atoms with van der Waals surface area (Å²) < 4.78 is 21.8. The summed E-state index contributed by atoms with van der Waals surface area (Å²) in [5.41, 5.74) is 0. The molecule has 0 saturated heterocycles. The Kier molecular flexibility index (Phi) is 8.49. The van der Waals surface area contributed by atoms with Crippen molar-refractivity contribution in [3.05, 3.63) is 0 Å². The third-order valence-corrected chi connectivity index (χ3v) is 3.77. The van der Waals surface area contributed by atoms with Crippen molar-refractivity contribution in [2.45, 2.75) is 39.5 Å². The Hall–Kier alpha value is 0.110. The number of rotatable bonds is 9. The van der Waals surface area contributed by atoms with Gasteiger partial charge in [0.25, 0.3) is 0 Å². The van der Waals surface area contributed by atoms with Crippen LogP contribution in [0.5, 0.6) is 0 Å². The predicted octanol–water partition coefficient (Wildman–Crippen LogP) is 2.76. The zero-order valence-electron chi connectivity index (χ0n) is 9.07. The van der Waals surface area contributed by atoms with E-state index in [0.717, 1.165) is 25.7 Å². The zero-order chi connectivity index (χ0) is 10.9. The molecule has 1 unspecified atom stereocenters. The van der Waals surface area contributed by atoms with E-state index in [9.17, 15) is 4.57 Å². The second kappa shape index (κ2) is 8.42. The van der Waals surface area contributed by atoms with Crippen molar-refractivity contribution in [1.82, 2.24) is 0 Å². The van der Waals surface area contributed by atoms with E-state index in [4.69, 9.17) is 14.2 Å². The highest BCUT2D eigenvalue weighted by molar-refractivity contribution is 7.53. The van der Waals surface area contributed by atoms with E-state index in [2.05, 4.69) is 0 Å². The average Bonchev–Trinajstić information content (AvgIpc) is 2.16. The van der Waals surface area contributed by atoms with Crippen molar-refractivity contribution in [2.24, 2.45) is 0 Å². The Morgan fingerprint density at radius 1 is 1.14 bits per heavy atom. The normalized spacial score (nSPS) is 15.4. The van der Waals surface area contributed by atoms with Gasteiger partial charge in [-0.05, 0) is 12.8 Å². The van der Waals surface area contributed by atoms with Crippen LogP contribution in [0.15, 0.2) is 0 Å². The molecule has 0 aromatic carbocycles. The molecule has 5 heteroatoms. The van der Waals surface area contributed by atoms with Crippen LogP contribution in [0, 0.1) is 0 Å². The first-order valence-corrected chi connectivity index (χ1v) is 6.90. The quantitative estimate of drug-likeness (QED) is 0.371. The fraction of sp³-hybridized carbons (Fsp3) is 1.00. The van der Waals surface area contributed by atoms with Gasteiger partial charge in [-0.25, -0.2) is 0 Å². The van der Waals surface area contributed by atoms with Crippen LogP contribution in [0.1, 0.15) is 39.5 Å². The lowest BCUT2D eigenvalue weighted by atomic mass is 10.4. The van der Waals surface area contributed by atoms with Crippen LogP contribution >= 0.6 is 7.60 Å². The monoisotopic (exact) mass is 224 g/mol. The second-order valence-electron chi connectivity index (χ2n) is 3.13. The van der Waals surface area contributed by atoms with Crippen LogP contribution in [-0.2, 0) is 13.6 Å². The number of hydrogen-bond donors (Lipinski definition) is 1. The number of aliphatic hydroxyl groups is 1. The molecule has 0 aliphatic heterocycles. The van der Waals surface area contributed by atoms with Crippen LogP contribution in [0.2, 0.25) is 0 Å². The number of unbranched alkanes of at least 4 members (excludes halogenated alkanes) is 2. The molecule has 0 aliphatic rings. The van der Waals surface area contributed by atoms with Gasteiger partial charge in [-0.2, -0.15) is 0 Å². The average molecular weight is 224 g/mol. The van der Waals surface area contributed by atoms with Gasteiger partial charge in [-0.15, -0.1) is 0 Å². The van der Waals surface area contributed by atoms with E-state index in [0.29, 0.717) is 12.8 Å². The minimum atomic E-state index is -3.02. The van der Waals surface area contributed by atoms with Crippen molar-refractivity contribution in [2.75, 3.05) is 19.6 Å². The zero-order valence-corrected chi connectivity index (χ0v) is 9.96. The molecule has 4 nitrogen and oxygen atoms in total. The molecule has 0 aromatic heterocycles. The lowest BCUT2D eigenvalue weighted by molar-refractivity contribution is 0.0756. The molecule has 0 aromatic rings. The summed E-state index contributed by atoms with van der Waals surface area (Å²) in [6.07, 6.45) is 3.99. The van der Waals surface area contributed by atoms with Crippen LogP contribution in [0.3, 0.4) is 0 Å². The minimum absolute atomic E-state index is 0.397. The van der Waals surface area contributed by atoms with E-state index in [1.807, 2.05) is 13.8 Å². The molecule has 0 heterocycles. The van der Waals surface area contributed by atoms with Crippen molar-refractivity contribution in [1.29, 1.82) is 0 Å². The van der Waals surface area contributed by atoms with E-state index < -0.39 is 14.4 Å². The van der Waals surface area contributed by atoms with Gasteiger partial charge < -0.3 is 9.63 Å².